The van der Waals surface area contributed by atoms with Crippen LogP contribution in [0.15, 0.2) is 12.1 Å². The standard InChI is InChI=1S/C27H39NO2/c1-15-4-7-25-16(2)18-5-6-19-20(22(18)14-28(25)13-15)11-23-21(19)12-26(30)24-10-17(29)8-9-27(23,24)3/h5-6,15-17,21,23-26,29-30H,4,7-14H2,1-3H3/t15-,16-,17+,21+,23+,24-,25+,26-,27-/m1/s1. The number of benzene rings is 1. The van der Waals surface area contributed by atoms with E-state index in [1.165, 1.54) is 25.8 Å². The van der Waals surface area contributed by atoms with Crippen molar-refractivity contribution in [2.24, 2.45) is 23.2 Å². The van der Waals surface area contributed by atoms with Gasteiger partial charge in [-0.3, -0.25) is 4.90 Å². The molecule has 1 saturated heterocycles. The molecule has 1 aromatic rings. The van der Waals surface area contributed by atoms with Crippen LogP contribution in [-0.2, 0) is 13.0 Å². The number of hydrogen-bond donors (Lipinski definition) is 2. The summed E-state index contributed by atoms with van der Waals surface area (Å²) >= 11 is 0. The van der Waals surface area contributed by atoms with Crippen LogP contribution < -0.4 is 0 Å². The summed E-state index contributed by atoms with van der Waals surface area (Å²) in [5.41, 5.74) is 6.62. The fourth-order valence-electron chi connectivity index (χ4n) is 8.74. The highest BCUT2D eigenvalue weighted by Crippen LogP contribution is 2.62. The molecule has 0 aromatic heterocycles. The van der Waals surface area contributed by atoms with Gasteiger partial charge in [-0.05, 0) is 102 Å². The van der Waals surface area contributed by atoms with E-state index in [1.54, 1.807) is 22.3 Å². The van der Waals surface area contributed by atoms with Gasteiger partial charge in [0.1, 0.15) is 0 Å². The highest BCUT2D eigenvalue weighted by atomic mass is 16.3. The molecule has 2 aliphatic heterocycles. The molecule has 6 rings (SSSR count). The fourth-order valence-corrected chi connectivity index (χ4v) is 8.74. The van der Waals surface area contributed by atoms with Gasteiger partial charge in [-0.2, -0.15) is 0 Å². The Kier molecular flexibility index (Phi) is 4.48. The number of nitrogens with zero attached hydrogens (tertiary/aromatic N) is 1. The number of rotatable bonds is 0. The summed E-state index contributed by atoms with van der Waals surface area (Å²) in [6.07, 6.45) is 7.08. The maximum atomic E-state index is 11.1. The number of aliphatic hydroxyl groups excluding tert-OH is 2. The molecule has 9 atom stereocenters. The number of fused-ring (bicyclic) bond motifs is 8. The molecule has 0 bridgehead atoms. The fraction of sp³-hybridized carbons (Fsp3) is 0.778. The van der Waals surface area contributed by atoms with Crippen LogP contribution in [0.4, 0.5) is 0 Å². The van der Waals surface area contributed by atoms with Crippen LogP contribution in [0.25, 0.3) is 0 Å². The first kappa shape index (κ1) is 19.8. The molecule has 5 aliphatic rings. The van der Waals surface area contributed by atoms with Crippen molar-refractivity contribution in [3.8, 4) is 0 Å². The van der Waals surface area contributed by atoms with Crippen molar-refractivity contribution in [1.82, 2.24) is 4.90 Å². The highest BCUT2D eigenvalue weighted by Gasteiger charge is 2.57. The summed E-state index contributed by atoms with van der Waals surface area (Å²) in [5.74, 6) is 2.85. The van der Waals surface area contributed by atoms with E-state index in [2.05, 4.69) is 37.8 Å². The molecule has 0 radical (unpaired) electrons. The topological polar surface area (TPSA) is 43.7 Å². The molecule has 30 heavy (non-hydrogen) atoms. The second-order valence-electron chi connectivity index (χ2n) is 11.9. The Morgan fingerprint density at radius 3 is 2.60 bits per heavy atom. The lowest BCUT2D eigenvalue weighted by Crippen LogP contribution is -2.52. The molecular weight excluding hydrogens is 370 g/mol. The first-order valence-corrected chi connectivity index (χ1v) is 12.6. The first-order chi connectivity index (χ1) is 14.4. The zero-order valence-electron chi connectivity index (χ0n) is 19.0. The molecule has 3 fully saturated rings. The second-order valence-corrected chi connectivity index (χ2v) is 11.9. The average Bonchev–Trinajstić information content (AvgIpc) is 3.09. The molecule has 3 nitrogen and oxygen atoms in total. The van der Waals surface area contributed by atoms with Gasteiger partial charge in [0.25, 0.3) is 0 Å². The zero-order chi connectivity index (χ0) is 20.8. The van der Waals surface area contributed by atoms with Gasteiger partial charge in [0.2, 0.25) is 0 Å². The summed E-state index contributed by atoms with van der Waals surface area (Å²) in [5, 5.41) is 21.4. The van der Waals surface area contributed by atoms with E-state index in [0.717, 1.165) is 44.2 Å². The minimum absolute atomic E-state index is 0.163. The summed E-state index contributed by atoms with van der Waals surface area (Å²) in [6.45, 7) is 9.71. The smallest absolute Gasteiger partial charge is 0.0580 e. The van der Waals surface area contributed by atoms with E-state index < -0.39 is 0 Å². The number of piperidine rings is 1. The minimum atomic E-state index is -0.264. The molecule has 2 N–H and O–H groups in total. The van der Waals surface area contributed by atoms with Gasteiger partial charge in [0.05, 0.1) is 12.2 Å². The largest absolute Gasteiger partial charge is 0.393 e. The van der Waals surface area contributed by atoms with Crippen LogP contribution >= 0.6 is 0 Å². The summed E-state index contributed by atoms with van der Waals surface area (Å²) < 4.78 is 0. The summed E-state index contributed by atoms with van der Waals surface area (Å²) in [6, 6.07) is 5.63. The van der Waals surface area contributed by atoms with Gasteiger partial charge in [0.15, 0.2) is 0 Å². The molecule has 2 heterocycles. The van der Waals surface area contributed by atoms with Crippen molar-refractivity contribution in [2.45, 2.75) is 102 Å². The van der Waals surface area contributed by atoms with Crippen molar-refractivity contribution < 1.29 is 10.2 Å². The predicted molar refractivity (Wildman–Crippen MR) is 119 cm³/mol. The van der Waals surface area contributed by atoms with Crippen LogP contribution in [0.2, 0.25) is 0 Å². The molecule has 2 saturated carbocycles. The van der Waals surface area contributed by atoms with Crippen molar-refractivity contribution in [3.05, 3.63) is 34.4 Å². The molecule has 0 unspecified atom stereocenters. The van der Waals surface area contributed by atoms with E-state index in [-0.39, 0.29) is 23.5 Å². The van der Waals surface area contributed by atoms with Gasteiger partial charge >= 0.3 is 0 Å². The van der Waals surface area contributed by atoms with E-state index in [4.69, 9.17) is 0 Å². The van der Waals surface area contributed by atoms with Gasteiger partial charge in [-0.25, -0.2) is 0 Å². The van der Waals surface area contributed by atoms with Crippen LogP contribution in [0.5, 0.6) is 0 Å². The Bertz CT molecular complexity index is 852. The Morgan fingerprint density at radius 2 is 1.77 bits per heavy atom. The molecule has 3 heteroatoms. The predicted octanol–water partition coefficient (Wildman–Crippen LogP) is 4.59. The van der Waals surface area contributed by atoms with Crippen LogP contribution in [-0.4, -0.2) is 39.9 Å². The molecular formula is C27H39NO2. The van der Waals surface area contributed by atoms with Crippen molar-refractivity contribution in [3.63, 3.8) is 0 Å². The van der Waals surface area contributed by atoms with Gasteiger partial charge in [0, 0.05) is 19.1 Å². The minimum Gasteiger partial charge on any atom is -0.393 e. The Hall–Kier alpha value is -0.900. The lowest BCUT2D eigenvalue weighted by atomic mass is 9.51. The van der Waals surface area contributed by atoms with Crippen molar-refractivity contribution in [1.29, 1.82) is 0 Å². The van der Waals surface area contributed by atoms with Crippen LogP contribution in [0, 0.1) is 23.2 Å². The molecule has 3 aliphatic carbocycles. The average molecular weight is 410 g/mol. The normalized spacial score (nSPS) is 47.6. The molecule has 164 valence electrons. The van der Waals surface area contributed by atoms with Gasteiger partial charge in [-0.1, -0.05) is 32.9 Å². The zero-order valence-corrected chi connectivity index (χ0v) is 19.0. The molecule has 0 spiro atoms. The second kappa shape index (κ2) is 6.80. The van der Waals surface area contributed by atoms with E-state index in [9.17, 15) is 10.2 Å². The molecule has 0 amide bonds. The third-order valence-corrected chi connectivity index (χ3v) is 10.4. The maximum Gasteiger partial charge on any atom is 0.0580 e. The van der Waals surface area contributed by atoms with Gasteiger partial charge in [-0.15, -0.1) is 0 Å². The van der Waals surface area contributed by atoms with Crippen LogP contribution in [0.3, 0.4) is 0 Å². The summed E-state index contributed by atoms with van der Waals surface area (Å²) in [7, 11) is 0. The SMILES string of the molecule is C[C@@H]1CC[C@H]2[C@H](C)c3ccc4c(c3CN2C1)C[C@H]1[C@H]4C[C@@H](O)[C@H]2C[C@@H](O)CC[C@@]21C. The van der Waals surface area contributed by atoms with Crippen molar-refractivity contribution >= 4 is 0 Å². The Morgan fingerprint density at radius 1 is 0.967 bits per heavy atom. The lowest BCUT2D eigenvalue weighted by molar-refractivity contribution is -0.113. The maximum absolute atomic E-state index is 11.1. The Labute approximate surface area is 181 Å². The molecule has 1 aromatic carbocycles. The van der Waals surface area contributed by atoms with E-state index in [1.807, 2.05) is 0 Å². The monoisotopic (exact) mass is 409 g/mol. The third-order valence-electron chi connectivity index (χ3n) is 10.4. The quantitative estimate of drug-likeness (QED) is 0.659. The highest BCUT2D eigenvalue weighted by molar-refractivity contribution is 5.50. The van der Waals surface area contributed by atoms with Crippen LogP contribution in [0.1, 0.15) is 93.4 Å². The number of aliphatic hydroxyl groups is 2. The number of hydrogen-bond acceptors (Lipinski definition) is 3. The van der Waals surface area contributed by atoms with Crippen molar-refractivity contribution in [2.75, 3.05) is 6.54 Å². The lowest BCUT2D eigenvalue weighted by Gasteiger charge is -2.55. The van der Waals surface area contributed by atoms with E-state index >= 15 is 0 Å². The third kappa shape index (κ3) is 2.67. The Balaban J connectivity index is 1.39. The van der Waals surface area contributed by atoms with Gasteiger partial charge < -0.3 is 10.2 Å². The first-order valence-electron chi connectivity index (χ1n) is 12.6. The summed E-state index contributed by atoms with van der Waals surface area (Å²) in [4.78, 5) is 2.79. The van der Waals surface area contributed by atoms with E-state index in [0.29, 0.717) is 17.8 Å².